The molecule has 0 bridgehead atoms. The lowest BCUT2D eigenvalue weighted by Gasteiger charge is -2.30. The van der Waals surface area contributed by atoms with Crippen LogP contribution in [0, 0.1) is 10.1 Å². The van der Waals surface area contributed by atoms with E-state index in [1.807, 2.05) is 42.5 Å². The van der Waals surface area contributed by atoms with Gasteiger partial charge in [0.1, 0.15) is 6.61 Å². The van der Waals surface area contributed by atoms with Gasteiger partial charge in [-0.25, -0.2) is 9.59 Å². The number of methoxy groups -OCH3 is 1. The molecule has 2 aromatic rings. The van der Waals surface area contributed by atoms with Crippen LogP contribution in [0.1, 0.15) is 30.9 Å². The van der Waals surface area contributed by atoms with Crippen molar-refractivity contribution in [3.8, 4) is 0 Å². The summed E-state index contributed by atoms with van der Waals surface area (Å²) in [5, 5.41) is 14.4. The van der Waals surface area contributed by atoms with Gasteiger partial charge in [-0.1, -0.05) is 60.7 Å². The Balaban J connectivity index is 1.85. The largest absolute Gasteiger partial charge is 0.466 e. The minimum absolute atomic E-state index is 0.00660. The van der Waals surface area contributed by atoms with Crippen LogP contribution in [0.2, 0.25) is 0 Å². The van der Waals surface area contributed by atoms with E-state index in [2.05, 4.69) is 5.32 Å². The topological polar surface area (TPSA) is 108 Å². The molecule has 0 saturated heterocycles. The van der Waals surface area contributed by atoms with E-state index in [1.54, 1.807) is 32.1 Å². The maximum absolute atomic E-state index is 13.1. The number of nitro benzene ring substituents is 1. The zero-order chi connectivity index (χ0) is 25.4. The van der Waals surface area contributed by atoms with Crippen molar-refractivity contribution in [3.63, 3.8) is 0 Å². The van der Waals surface area contributed by atoms with Gasteiger partial charge in [-0.2, -0.15) is 0 Å². The van der Waals surface area contributed by atoms with Crippen LogP contribution in [0.4, 0.5) is 5.69 Å². The van der Waals surface area contributed by atoms with Gasteiger partial charge in [-0.05, 0) is 31.1 Å². The number of benzene rings is 2. The van der Waals surface area contributed by atoms with E-state index in [4.69, 9.17) is 9.47 Å². The van der Waals surface area contributed by atoms with Crippen molar-refractivity contribution in [3.05, 3.63) is 117 Å². The fourth-order valence-corrected chi connectivity index (χ4v) is 3.86. The number of carbonyl (C=O) groups excluding carboxylic acids is 2. The number of hydrogen-bond donors (Lipinski definition) is 1. The molecule has 180 valence electrons. The maximum atomic E-state index is 13.1. The standard InChI is InChI=1S/C27H26N2O6/c1-18-23(26(30)34-3)25(21-14-10-15-22(17-21)29(32)33)24(19(2)28-18)27(31)35-16-9-5-8-13-20-11-6-4-7-12-20/h4-15,17,25,28H,16H2,1-3H3/b9-5+,13-8+. The van der Waals surface area contributed by atoms with Crippen molar-refractivity contribution in [1.82, 2.24) is 5.32 Å². The Morgan fingerprint density at radius 3 is 2.34 bits per heavy atom. The molecule has 1 unspecified atom stereocenters. The first-order valence-electron chi connectivity index (χ1n) is 10.9. The molecule has 0 aromatic heterocycles. The summed E-state index contributed by atoms with van der Waals surface area (Å²) < 4.78 is 10.4. The predicted molar refractivity (Wildman–Crippen MR) is 132 cm³/mol. The summed E-state index contributed by atoms with van der Waals surface area (Å²) >= 11 is 0. The molecule has 1 heterocycles. The van der Waals surface area contributed by atoms with E-state index in [9.17, 15) is 19.7 Å². The van der Waals surface area contributed by atoms with Crippen molar-refractivity contribution in [2.24, 2.45) is 0 Å². The number of nitrogens with zero attached hydrogens (tertiary/aromatic N) is 1. The first kappa shape index (κ1) is 25.2. The molecule has 1 N–H and O–H groups in total. The smallest absolute Gasteiger partial charge is 0.337 e. The van der Waals surface area contributed by atoms with Gasteiger partial charge in [0, 0.05) is 23.5 Å². The highest BCUT2D eigenvalue weighted by Crippen LogP contribution is 2.40. The van der Waals surface area contributed by atoms with Crippen LogP contribution in [-0.4, -0.2) is 30.6 Å². The zero-order valence-corrected chi connectivity index (χ0v) is 19.7. The van der Waals surface area contributed by atoms with Gasteiger partial charge in [-0.3, -0.25) is 10.1 Å². The molecule has 2 aromatic carbocycles. The average molecular weight is 475 g/mol. The summed E-state index contributed by atoms with van der Waals surface area (Å²) in [6, 6.07) is 15.6. The van der Waals surface area contributed by atoms with Gasteiger partial charge in [0.15, 0.2) is 0 Å². The Kier molecular flexibility index (Phi) is 8.34. The van der Waals surface area contributed by atoms with Crippen molar-refractivity contribution in [2.45, 2.75) is 19.8 Å². The quantitative estimate of drug-likeness (QED) is 0.253. The molecule has 1 aliphatic rings. The number of non-ortho nitro benzene ring substituents is 1. The molecule has 8 nitrogen and oxygen atoms in total. The third-order valence-electron chi connectivity index (χ3n) is 5.45. The number of nitro groups is 1. The van der Waals surface area contributed by atoms with Crippen molar-refractivity contribution >= 4 is 23.7 Å². The lowest BCUT2D eigenvalue weighted by atomic mass is 9.80. The number of dihydropyridines is 1. The summed E-state index contributed by atoms with van der Waals surface area (Å²) in [4.78, 5) is 36.6. The highest BCUT2D eigenvalue weighted by atomic mass is 16.6. The summed E-state index contributed by atoms with van der Waals surface area (Å²) in [5.41, 5.74) is 2.66. The van der Waals surface area contributed by atoms with Crippen LogP contribution in [0.3, 0.4) is 0 Å². The van der Waals surface area contributed by atoms with E-state index < -0.39 is 22.8 Å². The normalized spacial score (nSPS) is 15.9. The van der Waals surface area contributed by atoms with E-state index in [0.717, 1.165) is 5.56 Å². The monoisotopic (exact) mass is 474 g/mol. The van der Waals surface area contributed by atoms with Crippen molar-refractivity contribution < 1.29 is 24.0 Å². The van der Waals surface area contributed by atoms with Crippen LogP contribution in [0.25, 0.3) is 6.08 Å². The predicted octanol–water partition coefficient (Wildman–Crippen LogP) is 4.82. The molecule has 0 aliphatic carbocycles. The second-order valence-corrected chi connectivity index (χ2v) is 7.78. The van der Waals surface area contributed by atoms with Crippen LogP contribution < -0.4 is 5.32 Å². The number of hydrogen-bond acceptors (Lipinski definition) is 7. The third kappa shape index (κ3) is 6.11. The number of carbonyl (C=O) groups is 2. The highest BCUT2D eigenvalue weighted by molar-refractivity contribution is 5.99. The molecule has 35 heavy (non-hydrogen) atoms. The first-order chi connectivity index (χ1) is 16.8. The molecule has 3 rings (SSSR count). The molecule has 8 heteroatoms. The molecule has 1 aliphatic heterocycles. The Bertz CT molecular complexity index is 1240. The fraction of sp³-hybridized carbons (Fsp3) is 0.185. The first-order valence-corrected chi connectivity index (χ1v) is 10.9. The molecular formula is C27H26N2O6. The summed E-state index contributed by atoms with van der Waals surface area (Å²) in [6.45, 7) is 3.38. The lowest BCUT2D eigenvalue weighted by Crippen LogP contribution is -2.32. The minimum Gasteiger partial charge on any atom is -0.466 e. The van der Waals surface area contributed by atoms with E-state index in [0.29, 0.717) is 17.0 Å². The van der Waals surface area contributed by atoms with Gasteiger partial charge in [-0.15, -0.1) is 0 Å². The van der Waals surface area contributed by atoms with Crippen LogP contribution in [0.5, 0.6) is 0 Å². The molecule has 0 saturated carbocycles. The Labute approximate surface area is 203 Å². The van der Waals surface area contributed by atoms with Crippen molar-refractivity contribution in [1.29, 1.82) is 0 Å². The molecule has 0 amide bonds. The molecule has 0 fully saturated rings. The zero-order valence-electron chi connectivity index (χ0n) is 19.7. The van der Waals surface area contributed by atoms with Gasteiger partial charge >= 0.3 is 11.9 Å². The van der Waals surface area contributed by atoms with Crippen molar-refractivity contribution in [2.75, 3.05) is 13.7 Å². The Morgan fingerprint density at radius 2 is 1.69 bits per heavy atom. The number of nitrogens with one attached hydrogen (secondary N) is 1. The second-order valence-electron chi connectivity index (χ2n) is 7.78. The maximum Gasteiger partial charge on any atom is 0.337 e. The summed E-state index contributed by atoms with van der Waals surface area (Å²) in [5.74, 6) is -2.18. The van der Waals surface area contributed by atoms with Crippen LogP contribution in [0.15, 0.2) is 95.4 Å². The Morgan fingerprint density at radius 1 is 1.00 bits per heavy atom. The number of allylic oxidation sites excluding steroid dienone is 4. The second kappa shape index (κ2) is 11.6. The van der Waals surface area contributed by atoms with Gasteiger partial charge in [0.25, 0.3) is 5.69 Å². The van der Waals surface area contributed by atoms with Gasteiger partial charge in [0.2, 0.25) is 0 Å². The number of rotatable bonds is 8. The third-order valence-corrected chi connectivity index (χ3v) is 5.45. The van der Waals surface area contributed by atoms with E-state index >= 15 is 0 Å². The number of esters is 2. The molecule has 0 spiro atoms. The minimum atomic E-state index is -0.891. The summed E-state index contributed by atoms with van der Waals surface area (Å²) in [6.07, 6.45) is 7.21. The molecular weight excluding hydrogens is 448 g/mol. The lowest BCUT2D eigenvalue weighted by molar-refractivity contribution is -0.384. The highest BCUT2D eigenvalue weighted by Gasteiger charge is 2.38. The Hall–Kier alpha value is -4.46. The van der Waals surface area contributed by atoms with Crippen LogP contribution in [-0.2, 0) is 19.1 Å². The van der Waals surface area contributed by atoms with Crippen LogP contribution >= 0.6 is 0 Å². The van der Waals surface area contributed by atoms with Gasteiger partial charge < -0.3 is 14.8 Å². The molecule has 0 radical (unpaired) electrons. The fourth-order valence-electron chi connectivity index (χ4n) is 3.86. The summed E-state index contributed by atoms with van der Waals surface area (Å²) in [7, 11) is 1.24. The van der Waals surface area contributed by atoms with E-state index in [1.165, 1.54) is 25.3 Å². The van der Waals surface area contributed by atoms with E-state index in [-0.39, 0.29) is 23.4 Å². The SMILES string of the molecule is COC(=O)C1=C(C)NC(C)=C(C(=O)OC/C=C/C=C/c2ccccc2)C1c1cccc([N+](=O)[O-])c1. The molecule has 1 atom stereocenters. The number of ether oxygens (including phenoxy) is 2. The van der Waals surface area contributed by atoms with Gasteiger partial charge in [0.05, 0.1) is 29.1 Å². The average Bonchev–Trinajstić information content (AvgIpc) is 2.85.